The van der Waals surface area contributed by atoms with E-state index >= 15 is 0 Å². The van der Waals surface area contributed by atoms with Crippen LogP contribution in [0.3, 0.4) is 0 Å². The van der Waals surface area contributed by atoms with E-state index in [1.54, 1.807) is 29.3 Å². The Morgan fingerprint density at radius 3 is 2.43 bits per heavy atom. The largest absolute Gasteiger partial charge is 0.375 e. The van der Waals surface area contributed by atoms with Gasteiger partial charge in [-0.05, 0) is 12.1 Å². The van der Waals surface area contributed by atoms with E-state index in [9.17, 15) is 4.79 Å². The molecule has 1 amide bonds. The van der Waals surface area contributed by atoms with Crippen molar-refractivity contribution in [2.75, 3.05) is 31.9 Å². The Balaban J connectivity index is 1.61. The number of amides is 1. The van der Waals surface area contributed by atoms with Gasteiger partial charge in [-0.2, -0.15) is 0 Å². The van der Waals surface area contributed by atoms with Crippen molar-refractivity contribution in [3.63, 3.8) is 0 Å². The molecule has 2 heterocycles. The van der Waals surface area contributed by atoms with Crippen LogP contribution in [0.1, 0.15) is 15.2 Å². The lowest BCUT2D eigenvalue weighted by Gasteiger charge is -2.34. The summed E-state index contributed by atoms with van der Waals surface area (Å²) in [5, 5.41) is 1.37. The van der Waals surface area contributed by atoms with E-state index in [-0.39, 0.29) is 5.91 Å². The van der Waals surface area contributed by atoms with Gasteiger partial charge in [0.25, 0.3) is 5.91 Å². The lowest BCUT2D eigenvalue weighted by molar-refractivity contribution is 0.0630. The van der Waals surface area contributed by atoms with Crippen LogP contribution in [0.25, 0.3) is 0 Å². The first kappa shape index (κ1) is 16.5. The van der Waals surface area contributed by atoms with Gasteiger partial charge in [0.1, 0.15) is 0 Å². The molecular formula is C15H16Cl2N4OS. The molecule has 1 aromatic carbocycles. The van der Waals surface area contributed by atoms with Crippen molar-refractivity contribution in [3.8, 4) is 0 Å². The number of anilines is 1. The van der Waals surface area contributed by atoms with Crippen molar-refractivity contribution >= 4 is 45.6 Å². The zero-order chi connectivity index (χ0) is 16.4. The molecule has 1 saturated heterocycles. The number of hydrogen-bond acceptors (Lipinski definition) is 5. The molecule has 0 spiro atoms. The summed E-state index contributed by atoms with van der Waals surface area (Å²) in [6.45, 7) is 3.70. The molecule has 23 heavy (non-hydrogen) atoms. The molecule has 8 heteroatoms. The van der Waals surface area contributed by atoms with Crippen LogP contribution >= 0.6 is 34.5 Å². The quantitative estimate of drug-likeness (QED) is 0.901. The van der Waals surface area contributed by atoms with Gasteiger partial charge in [0.2, 0.25) is 0 Å². The fraction of sp³-hybridized carbons (Fsp3) is 0.333. The third kappa shape index (κ3) is 3.77. The average molecular weight is 371 g/mol. The van der Waals surface area contributed by atoms with Crippen LogP contribution in [-0.2, 0) is 6.54 Å². The van der Waals surface area contributed by atoms with Crippen LogP contribution in [0.5, 0.6) is 0 Å². The maximum absolute atomic E-state index is 12.6. The Morgan fingerprint density at radius 2 is 1.87 bits per heavy atom. The Bertz CT molecular complexity index is 693. The lowest BCUT2D eigenvalue weighted by atomic mass is 10.1. The van der Waals surface area contributed by atoms with Crippen molar-refractivity contribution in [2.24, 2.45) is 0 Å². The summed E-state index contributed by atoms with van der Waals surface area (Å²) in [6, 6.07) is 5.11. The Hall–Kier alpha value is -1.34. The summed E-state index contributed by atoms with van der Waals surface area (Å²) in [5.74, 6) is -0.109. The standard InChI is InChI=1S/C15H16Cl2N4OS/c16-11-2-1-3-12(17)13(11)14(22)21-6-4-20(5-7-21)9-10-8-19-15(18)23-10/h1-3,8H,4-7,9H2,(H2,18,19). The topological polar surface area (TPSA) is 62.5 Å². The maximum atomic E-state index is 12.6. The van der Waals surface area contributed by atoms with Crippen molar-refractivity contribution in [3.05, 3.63) is 44.9 Å². The van der Waals surface area contributed by atoms with E-state index in [2.05, 4.69) is 9.88 Å². The first-order valence-corrected chi connectivity index (χ1v) is 8.77. The van der Waals surface area contributed by atoms with Crippen LogP contribution in [0.4, 0.5) is 5.13 Å². The SMILES string of the molecule is Nc1ncc(CN2CCN(C(=O)c3c(Cl)cccc3Cl)CC2)s1. The van der Waals surface area contributed by atoms with Crippen LogP contribution < -0.4 is 5.73 Å². The van der Waals surface area contributed by atoms with Gasteiger partial charge in [-0.25, -0.2) is 4.98 Å². The van der Waals surface area contributed by atoms with Crippen molar-refractivity contribution in [1.29, 1.82) is 0 Å². The van der Waals surface area contributed by atoms with Crippen molar-refractivity contribution in [1.82, 2.24) is 14.8 Å². The van der Waals surface area contributed by atoms with E-state index in [4.69, 9.17) is 28.9 Å². The number of nitrogens with two attached hydrogens (primary N) is 1. The molecule has 0 saturated carbocycles. The third-order valence-electron chi connectivity index (χ3n) is 3.79. The fourth-order valence-electron chi connectivity index (χ4n) is 2.59. The molecule has 1 aliphatic heterocycles. The first-order valence-electron chi connectivity index (χ1n) is 7.20. The van der Waals surface area contributed by atoms with Crippen molar-refractivity contribution < 1.29 is 4.79 Å². The summed E-state index contributed by atoms with van der Waals surface area (Å²) in [5.41, 5.74) is 6.04. The predicted octanol–water partition coefficient (Wildman–Crippen LogP) is 2.99. The first-order chi connectivity index (χ1) is 11.0. The second-order valence-electron chi connectivity index (χ2n) is 5.33. The molecule has 0 bridgehead atoms. The Kier molecular flexibility index (Phi) is 5.06. The van der Waals surface area contributed by atoms with Crippen LogP contribution in [0, 0.1) is 0 Å². The molecular weight excluding hydrogens is 355 g/mol. The van der Waals surface area contributed by atoms with Gasteiger partial charge in [-0.1, -0.05) is 29.3 Å². The molecule has 3 rings (SSSR count). The number of benzene rings is 1. The normalized spacial score (nSPS) is 15.8. The average Bonchev–Trinajstić information content (AvgIpc) is 2.93. The molecule has 0 radical (unpaired) electrons. The highest BCUT2D eigenvalue weighted by atomic mass is 35.5. The zero-order valence-electron chi connectivity index (χ0n) is 12.3. The van der Waals surface area contributed by atoms with Crippen LogP contribution in [0.15, 0.2) is 24.4 Å². The minimum atomic E-state index is -0.109. The van der Waals surface area contributed by atoms with Gasteiger partial charge in [0, 0.05) is 43.8 Å². The van der Waals surface area contributed by atoms with Gasteiger partial charge in [-0.15, -0.1) is 11.3 Å². The summed E-state index contributed by atoms with van der Waals surface area (Å²) in [4.78, 5) is 21.9. The molecule has 0 atom stereocenters. The number of thiazole rings is 1. The number of carbonyl (C=O) groups excluding carboxylic acids is 1. The number of carbonyl (C=O) groups is 1. The number of aromatic nitrogens is 1. The van der Waals surface area contributed by atoms with E-state index < -0.39 is 0 Å². The number of piperazine rings is 1. The third-order valence-corrected chi connectivity index (χ3v) is 5.23. The fourth-order valence-corrected chi connectivity index (χ4v) is 3.87. The molecule has 2 N–H and O–H groups in total. The molecule has 122 valence electrons. The second kappa shape index (κ2) is 7.05. The Labute approximate surface area is 148 Å². The number of halogens is 2. The predicted molar refractivity (Wildman–Crippen MR) is 94.2 cm³/mol. The van der Waals surface area contributed by atoms with Gasteiger partial charge < -0.3 is 10.6 Å². The highest BCUT2D eigenvalue weighted by molar-refractivity contribution is 7.15. The summed E-state index contributed by atoms with van der Waals surface area (Å²) >= 11 is 13.7. The number of rotatable bonds is 3. The number of nitrogen functional groups attached to an aromatic ring is 1. The van der Waals surface area contributed by atoms with Gasteiger partial charge >= 0.3 is 0 Å². The molecule has 0 aliphatic carbocycles. The number of hydrogen-bond donors (Lipinski definition) is 1. The highest BCUT2D eigenvalue weighted by Crippen LogP contribution is 2.26. The minimum absolute atomic E-state index is 0.109. The summed E-state index contributed by atoms with van der Waals surface area (Å²) in [7, 11) is 0. The molecule has 5 nitrogen and oxygen atoms in total. The summed E-state index contributed by atoms with van der Waals surface area (Å²) in [6.07, 6.45) is 1.81. The van der Waals surface area contributed by atoms with Crippen LogP contribution in [0.2, 0.25) is 10.0 Å². The van der Waals surface area contributed by atoms with E-state index in [1.807, 2.05) is 0 Å². The molecule has 1 fully saturated rings. The minimum Gasteiger partial charge on any atom is -0.375 e. The zero-order valence-corrected chi connectivity index (χ0v) is 14.7. The van der Waals surface area contributed by atoms with E-state index in [0.717, 1.165) is 24.5 Å². The van der Waals surface area contributed by atoms with Gasteiger partial charge in [0.05, 0.1) is 15.6 Å². The monoisotopic (exact) mass is 370 g/mol. The van der Waals surface area contributed by atoms with E-state index in [0.29, 0.717) is 33.8 Å². The summed E-state index contributed by atoms with van der Waals surface area (Å²) < 4.78 is 0. The van der Waals surface area contributed by atoms with Gasteiger partial charge in [0.15, 0.2) is 5.13 Å². The number of nitrogens with zero attached hydrogens (tertiary/aromatic N) is 3. The lowest BCUT2D eigenvalue weighted by Crippen LogP contribution is -2.48. The molecule has 1 aromatic heterocycles. The Morgan fingerprint density at radius 1 is 1.22 bits per heavy atom. The van der Waals surface area contributed by atoms with Crippen LogP contribution in [-0.4, -0.2) is 46.9 Å². The maximum Gasteiger partial charge on any atom is 0.256 e. The van der Waals surface area contributed by atoms with E-state index in [1.165, 1.54) is 11.3 Å². The molecule has 0 unspecified atom stereocenters. The molecule has 2 aromatic rings. The second-order valence-corrected chi connectivity index (χ2v) is 7.29. The highest BCUT2D eigenvalue weighted by Gasteiger charge is 2.25. The van der Waals surface area contributed by atoms with Crippen molar-refractivity contribution in [2.45, 2.75) is 6.54 Å². The molecule has 1 aliphatic rings. The smallest absolute Gasteiger partial charge is 0.256 e. The van der Waals surface area contributed by atoms with Gasteiger partial charge in [-0.3, -0.25) is 9.69 Å².